The average molecular weight is 284 g/mol. The van der Waals surface area contributed by atoms with Gasteiger partial charge >= 0.3 is 0 Å². The first-order chi connectivity index (χ1) is 10.1. The van der Waals surface area contributed by atoms with Crippen molar-refractivity contribution in [3.05, 3.63) is 41.3 Å². The van der Waals surface area contributed by atoms with Gasteiger partial charge in [-0.25, -0.2) is 15.0 Å². The molecule has 0 aliphatic carbocycles. The summed E-state index contributed by atoms with van der Waals surface area (Å²) >= 11 is 0. The number of nitrogens with zero attached hydrogens (tertiary/aromatic N) is 4. The van der Waals surface area contributed by atoms with Crippen molar-refractivity contribution in [3.63, 3.8) is 0 Å². The molecule has 2 aromatic rings. The molecule has 0 spiro atoms. The Morgan fingerprint density at radius 3 is 2.76 bits per heavy atom. The molecule has 0 radical (unpaired) electrons. The van der Waals surface area contributed by atoms with Crippen LogP contribution in [0.15, 0.2) is 29.5 Å². The number of aromatic nitrogens is 2. The first-order valence-electron chi connectivity index (χ1n) is 6.57. The highest BCUT2D eigenvalue weighted by atomic mass is 16.5. The number of aryl methyl sites for hydroxylation is 2. The molecule has 0 saturated carbocycles. The topological polar surface area (TPSA) is 59.8 Å². The minimum Gasteiger partial charge on any atom is -0.497 e. The summed E-state index contributed by atoms with van der Waals surface area (Å²) in [6.07, 6.45) is 1.67. The number of anilines is 1. The van der Waals surface area contributed by atoms with Gasteiger partial charge in [-0.2, -0.15) is 0 Å². The maximum absolute atomic E-state index is 5.84. The van der Waals surface area contributed by atoms with Gasteiger partial charge in [-0.05, 0) is 37.6 Å². The Hall–Kier alpha value is -2.63. The molecule has 6 heteroatoms. The van der Waals surface area contributed by atoms with Crippen LogP contribution in [0.3, 0.4) is 0 Å². The summed E-state index contributed by atoms with van der Waals surface area (Å²) in [5.74, 6) is 3.28. The summed E-state index contributed by atoms with van der Waals surface area (Å²) in [7, 11) is 3.49. The van der Waals surface area contributed by atoms with Crippen molar-refractivity contribution in [3.8, 4) is 11.5 Å². The Kier molecular flexibility index (Phi) is 3.21. The summed E-state index contributed by atoms with van der Waals surface area (Å²) in [5.41, 5.74) is 1.94. The van der Waals surface area contributed by atoms with Gasteiger partial charge in [0.2, 0.25) is 5.90 Å². The van der Waals surface area contributed by atoms with Gasteiger partial charge in [0, 0.05) is 12.6 Å². The van der Waals surface area contributed by atoms with Crippen LogP contribution in [-0.2, 0) is 0 Å². The maximum Gasteiger partial charge on any atom is 0.244 e. The Balaban J connectivity index is 2.00. The zero-order valence-corrected chi connectivity index (χ0v) is 12.4. The van der Waals surface area contributed by atoms with E-state index in [9.17, 15) is 0 Å². The van der Waals surface area contributed by atoms with E-state index in [2.05, 4.69) is 15.1 Å². The average Bonchev–Trinajstić information content (AvgIpc) is 2.47. The molecule has 1 aliphatic heterocycles. The zero-order valence-electron chi connectivity index (χ0n) is 12.4. The van der Waals surface area contributed by atoms with E-state index in [0.29, 0.717) is 23.3 Å². The molecule has 0 fully saturated rings. The quantitative estimate of drug-likeness (QED) is 0.846. The van der Waals surface area contributed by atoms with Crippen LogP contribution in [0.1, 0.15) is 17.0 Å². The van der Waals surface area contributed by atoms with Crippen molar-refractivity contribution in [2.75, 3.05) is 19.2 Å². The second-order valence-electron chi connectivity index (χ2n) is 4.82. The van der Waals surface area contributed by atoms with Gasteiger partial charge in [-0.1, -0.05) is 0 Å². The predicted molar refractivity (Wildman–Crippen MR) is 80.1 cm³/mol. The number of fused-ring (bicyclic) bond motifs is 1. The fourth-order valence-corrected chi connectivity index (χ4v) is 2.17. The molecule has 6 nitrogen and oxygen atoms in total. The minimum atomic E-state index is 0.526. The molecule has 1 aliphatic rings. The van der Waals surface area contributed by atoms with Gasteiger partial charge in [0.1, 0.15) is 11.6 Å². The second kappa shape index (κ2) is 5.05. The molecule has 1 aromatic heterocycles. The van der Waals surface area contributed by atoms with Crippen LogP contribution >= 0.6 is 0 Å². The van der Waals surface area contributed by atoms with E-state index in [1.54, 1.807) is 18.3 Å². The summed E-state index contributed by atoms with van der Waals surface area (Å²) in [4.78, 5) is 8.50. The van der Waals surface area contributed by atoms with E-state index in [4.69, 9.17) is 9.47 Å². The van der Waals surface area contributed by atoms with Crippen LogP contribution in [0.5, 0.6) is 11.5 Å². The summed E-state index contributed by atoms with van der Waals surface area (Å²) < 4.78 is 11.1. The summed E-state index contributed by atoms with van der Waals surface area (Å²) in [6, 6.07) is 5.76. The van der Waals surface area contributed by atoms with E-state index < -0.39 is 0 Å². The van der Waals surface area contributed by atoms with Gasteiger partial charge < -0.3 is 9.47 Å². The van der Waals surface area contributed by atoms with Crippen LogP contribution in [-0.4, -0.2) is 30.0 Å². The maximum atomic E-state index is 5.84. The van der Waals surface area contributed by atoms with Crippen molar-refractivity contribution in [1.29, 1.82) is 0 Å². The first-order valence-corrected chi connectivity index (χ1v) is 6.57. The number of rotatable bonds is 2. The van der Waals surface area contributed by atoms with Crippen molar-refractivity contribution < 1.29 is 9.47 Å². The van der Waals surface area contributed by atoms with Crippen LogP contribution in [0.2, 0.25) is 0 Å². The molecule has 108 valence electrons. The van der Waals surface area contributed by atoms with Crippen LogP contribution in [0, 0.1) is 13.8 Å². The number of ether oxygens (including phenoxy) is 2. The highest BCUT2D eigenvalue weighted by Gasteiger charge is 2.22. The highest BCUT2D eigenvalue weighted by molar-refractivity contribution is 5.99. The molecule has 0 amide bonds. The van der Waals surface area contributed by atoms with Crippen LogP contribution in [0.25, 0.3) is 0 Å². The molecule has 0 saturated heterocycles. The molecule has 1 aromatic carbocycles. The molecule has 0 unspecified atom stereocenters. The molecular weight excluding hydrogens is 268 g/mol. The number of hydrogen-bond donors (Lipinski definition) is 0. The second-order valence-corrected chi connectivity index (χ2v) is 4.82. The largest absolute Gasteiger partial charge is 0.497 e. The normalized spacial score (nSPS) is 13.3. The first kappa shape index (κ1) is 13.4. The van der Waals surface area contributed by atoms with Crippen molar-refractivity contribution in [2.45, 2.75) is 13.8 Å². The smallest absolute Gasteiger partial charge is 0.244 e. The third kappa shape index (κ3) is 2.40. The SMILES string of the molecule is COc1ccc(C2=NN(C)c3nc(C)ncc3O2)c(C)c1. The number of hydrazone groups is 1. The highest BCUT2D eigenvalue weighted by Crippen LogP contribution is 2.30. The number of benzene rings is 1. The lowest BCUT2D eigenvalue weighted by Gasteiger charge is -2.23. The van der Waals surface area contributed by atoms with E-state index in [1.165, 1.54) is 0 Å². The Morgan fingerprint density at radius 1 is 1.24 bits per heavy atom. The number of hydrogen-bond acceptors (Lipinski definition) is 6. The van der Waals surface area contributed by atoms with E-state index >= 15 is 0 Å². The van der Waals surface area contributed by atoms with Gasteiger partial charge in [-0.15, -0.1) is 5.10 Å². The monoisotopic (exact) mass is 284 g/mol. The predicted octanol–water partition coefficient (Wildman–Crippen LogP) is 2.29. The summed E-state index contributed by atoms with van der Waals surface area (Å²) in [6.45, 7) is 3.83. The minimum absolute atomic E-state index is 0.526. The lowest BCUT2D eigenvalue weighted by atomic mass is 10.1. The molecule has 2 heterocycles. The van der Waals surface area contributed by atoms with Crippen molar-refractivity contribution in [1.82, 2.24) is 9.97 Å². The standard InChI is InChI=1S/C15H16N4O2/c1-9-7-11(20-4)5-6-12(9)15-18-19(3)14-13(21-15)8-16-10(2)17-14/h5-8H,1-4H3. The lowest BCUT2D eigenvalue weighted by Crippen LogP contribution is -2.26. The van der Waals surface area contributed by atoms with Crippen molar-refractivity contribution >= 4 is 11.7 Å². The van der Waals surface area contributed by atoms with Gasteiger partial charge in [0.05, 0.1) is 13.3 Å². The Morgan fingerprint density at radius 2 is 2.05 bits per heavy atom. The van der Waals surface area contributed by atoms with Crippen LogP contribution < -0.4 is 14.5 Å². The third-order valence-electron chi connectivity index (χ3n) is 3.27. The Bertz CT molecular complexity index is 728. The van der Waals surface area contributed by atoms with Crippen molar-refractivity contribution in [2.24, 2.45) is 5.10 Å². The molecule has 0 N–H and O–H groups in total. The van der Waals surface area contributed by atoms with Gasteiger partial charge in [-0.3, -0.25) is 0 Å². The molecule has 0 atom stereocenters. The van der Waals surface area contributed by atoms with Gasteiger partial charge in [0.25, 0.3) is 0 Å². The molecule has 3 rings (SSSR count). The fourth-order valence-electron chi connectivity index (χ4n) is 2.17. The third-order valence-corrected chi connectivity index (χ3v) is 3.27. The summed E-state index contributed by atoms with van der Waals surface area (Å²) in [5, 5.41) is 6.15. The zero-order chi connectivity index (χ0) is 15.0. The molecular formula is C15H16N4O2. The van der Waals surface area contributed by atoms with E-state index in [0.717, 1.165) is 16.9 Å². The van der Waals surface area contributed by atoms with E-state index in [1.807, 2.05) is 39.1 Å². The molecule has 0 bridgehead atoms. The fraction of sp³-hybridized carbons (Fsp3) is 0.267. The Labute approximate surface area is 123 Å². The van der Waals surface area contributed by atoms with Crippen LogP contribution in [0.4, 0.5) is 5.82 Å². The van der Waals surface area contributed by atoms with E-state index in [-0.39, 0.29) is 0 Å². The van der Waals surface area contributed by atoms with Gasteiger partial charge in [0.15, 0.2) is 11.6 Å². The number of methoxy groups -OCH3 is 1. The molecule has 21 heavy (non-hydrogen) atoms. The lowest BCUT2D eigenvalue weighted by molar-refractivity contribution is 0.414.